The highest BCUT2D eigenvalue weighted by Crippen LogP contribution is 2.31. The van der Waals surface area contributed by atoms with E-state index in [0.717, 1.165) is 6.07 Å². The first kappa shape index (κ1) is 11.7. The Balaban J connectivity index is 3.51. The van der Waals surface area contributed by atoms with Crippen molar-refractivity contribution in [2.75, 3.05) is 7.11 Å². The van der Waals surface area contributed by atoms with Gasteiger partial charge >= 0.3 is 0 Å². The number of ether oxygens (including phenoxy) is 1. The molecule has 0 N–H and O–H groups in total. The molecule has 14 heavy (non-hydrogen) atoms. The Bertz CT molecular complexity index is 460. The third kappa shape index (κ3) is 2.37. The fourth-order valence-corrected chi connectivity index (χ4v) is 2.17. The predicted molar refractivity (Wildman–Crippen MR) is 53.7 cm³/mol. The Morgan fingerprint density at radius 2 is 2.07 bits per heavy atom. The molecule has 0 aliphatic carbocycles. The molecule has 0 spiro atoms. The second-order valence-electron chi connectivity index (χ2n) is 2.36. The fourth-order valence-electron chi connectivity index (χ4n) is 0.860. The van der Waals surface area contributed by atoms with Crippen LogP contribution in [0.2, 0.25) is 0 Å². The fraction of sp³-hybridized carbons (Fsp3) is 0.143. The molecule has 0 amide bonds. The van der Waals surface area contributed by atoms with Crippen LogP contribution in [0, 0.1) is 5.82 Å². The number of benzene rings is 1. The van der Waals surface area contributed by atoms with E-state index in [1.165, 1.54) is 13.2 Å². The molecular formula is C7H5BrClFO3S. The number of rotatable bonds is 2. The molecule has 0 saturated heterocycles. The third-order valence-corrected chi connectivity index (χ3v) is 3.42. The average molecular weight is 304 g/mol. The monoisotopic (exact) mass is 302 g/mol. The minimum Gasteiger partial charge on any atom is -0.495 e. The Kier molecular flexibility index (Phi) is 3.39. The van der Waals surface area contributed by atoms with Crippen LogP contribution in [0.25, 0.3) is 0 Å². The van der Waals surface area contributed by atoms with E-state index in [1.54, 1.807) is 0 Å². The molecule has 0 bridgehead atoms. The lowest BCUT2D eigenvalue weighted by Gasteiger charge is -2.06. The van der Waals surface area contributed by atoms with Crippen molar-refractivity contribution in [3.63, 3.8) is 0 Å². The largest absolute Gasteiger partial charge is 0.495 e. The molecule has 7 heteroatoms. The van der Waals surface area contributed by atoms with Crippen LogP contribution in [0.1, 0.15) is 0 Å². The summed E-state index contributed by atoms with van der Waals surface area (Å²) in [5.74, 6) is -0.724. The quantitative estimate of drug-likeness (QED) is 0.789. The first-order valence-corrected chi connectivity index (χ1v) is 6.44. The molecule has 1 rings (SSSR count). The van der Waals surface area contributed by atoms with Crippen LogP contribution in [0.15, 0.2) is 21.5 Å². The highest BCUT2D eigenvalue weighted by molar-refractivity contribution is 9.10. The summed E-state index contributed by atoms with van der Waals surface area (Å²) >= 11 is 2.89. The minimum atomic E-state index is -4.00. The molecule has 0 aliphatic rings. The van der Waals surface area contributed by atoms with Gasteiger partial charge in [-0.25, -0.2) is 12.8 Å². The molecular weight excluding hydrogens is 298 g/mol. The van der Waals surface area contributed by atoms with Gasteiger partial charge in [0.05, 0.1) is 11.6 Å². The van der Waals surface area contributed by atoms with Gasteiger partial charge in [0.15, 0.2) is 0 Å². The van der Waals surface area contributed by atoms with Crippen molar-refractivity contribution < 1.29 is 17.5 Å². The van der Waals surface area contributed by atoms with Crippen LogP contribution < -0.4 is 4.74 Å². The van der Waals surface area contributed by atoms with Gasteiger partial charge in [0, 0.05) is 10.7 Å². The number of methoxy groups -OCH3 is 1. The van der Waals surface area contributed by atoms with Crippen LogP contribution >= 0.6 is 26.6 Å². The van der Waals surface area contributed by atoms with E-state index >= 15 is 0 Å². The molecule has 0 aromatic heterocycles. The van der Waals surface area contributed by atoms with Crippen LogP contribution in [0.4, 0.5) is 4.39 Å². The first-order valence-electron chi connectivity index (χ1n) is 3.34. The lowest BCUT2D eigenvalue weighted by molar-refractivity contribution is 0.401. The SMILES string of the molecule is COc1cc(Br)c(F)cc1S(=O)(=O)Cl. The summed E-state index contributed by atoms with van der Waals surface area (Å²) in [6.07, 6.45) is 0. The zero-order valence-electron chi connectivity index (χ0n) is 6.92. The zero-order valence-corrected chi connectivity index (χ0v) is 10.1. The summed E-state index contributed by atoms with van der Waals surface area (Å²) in [4.78, 5) is -0.387. The lowest BCUT2D eigenvalue weighted by Crippen LogP contribution is -1.97. The minimum absolute atomic E-state index is 0.00623. The van der Waals surface area contributed by atoms with E-state index in [2.05, 4.69) is 15.9 Å². The van der Waals surface area contributed by atoms with E-state index < -0.39 is 14.9 Å². The van der Waals surface area contributed by atoms with E-state index in [-0.39, 0.29) is 15.1 Å². The lowest BCUT2D eigenvalue weighted by atomic mass is 10.3. The van der Waals surface area contributed by atoms with E-state index in [1.807, 2.05) is 0 Å². The highest BCUT2D eigenvalue weighted by atomic mass is 79.9. The number of hydrogen-bond donors (Lipinski definition) is 0. The first-order chi connectivity index (χ1) is 6.36. The van der Waals surface area contributed by atoms with E-state index in [9.17, 15) is 12.8 Å². The summed E-state index contributed by atoms with van der Waals surface area (Å²) in [6.45, 7) is 0. The van der Waals surface area contributed by atoms with Gasteiger partial charge in [0.1, 0.15) is 16.5 Å². The Labute approximate surface area is 93.4 Å². The zero-order chi connectivity index (χ0) is 10.9. The normalized spacial score (nSPS) is 11.4. The van der Waals surface area contributed by atoms with E-state index in [4.69, 9.17) is 15.4 Å². The van der Waals surface area contributed by atoms with Gasteiger partial charge in [-0.05, 0) is 28.1 Å². The van der Waals surface area contributed by atoms with Crippen molar-refractivity contribution in [1.82, 2.24) is 0 Å². The van der Waals surface area contributed by atoms with Crippen molar-refractivity contribution in [2.45, 2.75) is 4.90 Å². The van der Waals surface area contributed by atoms with Crippen molar-refractivity contribution in [1.29, 1.82) is 0 Å². The van der Waals surface area contributed by atoms with Gasteiger partial charge < -0.3 is 4.74 Å². The number of halogens is 3. The topological polar surface area (TPSA) is 43.4 Å². The van der Waals surface area contributed by atoms with Crippen molar-refractivity contribution in [3.05, 3.63) is 22.4 Å². The van der Waals surface area contributed by atoms with E-state index in [0.29, 0.717) is 0 Å². The highest BCUT2D eigenvalue weighted by Gasteiger charge is 2.19. The smallest absolute Gasteiger partial charge is 0.265 e. The van der Waals surface area contributed by atoms with Crippen molar-refractivity contribution in [2.24, 2.45) is 0 Å². The molecule has 78 valence electrons. The Hall–Kier alpha value is -0.330. The molecule has 0 aliphatic heterocycles. The van der Waals surface area contributed by atoms with Gasteiger partial charge in [0.25, 0.3) is 9.05 Å². The average Bonchev–Trinajstić information content (AvgIpc) is 2.07. The summed E-state index contributed by atoms with van der Waals surface area (Å²) < 4.78 is 39.8. The molecule has 1 aromatic rings. The number of hydrogen-bond acceptors (Lipinski definition) is 3. The van der Waals surface area contributed by atoms with Crippen LogP contribution in [0.5, 0.6) is 5.75 Å². The van der Waals surface area contributed by atoms with Gasteiger partial charge in [0.2, 0.25) is 0 Å². The molecule has 0 atom stereocenters. The summed E-state index contributed by atoms with van der Waals surface area (Å²) in [5, 5.41) is 0. The molecule has 1 aromatic carbocycles. The van der Waals surface area contributed by atoms with Crippen LogP contribution in [-0.2, 0) is 9.05 Å². The maximum absolute atomic E-state index is 13.0. The summed E-state index contributed by atoms with van der Waals surface area (Å²) in [7, 11) is 2.35. The molecule has 3 nitrogen and oxygen atoms in total. The molecule has 0 unspecified atom stereocenters. The molecule has 0 fully saturated rings. The van der Waals surface area contributed by atoms with Gasteiger partial charge in [-0.15, -0.1) is 0 Å². The van der Waals surface area contributed by atoms with Crippen molar-refractivity contribution >= 4 is 35.7 Å². The van der Waals surface area contributed by atoms with Crippen molar-refractivity contribution in [3.8, 4) is 5.75 Å². The molecule has 0 saturated carbocycles. The van der Waals surface area contributed by atoms with Crippen LogP contribution in [-0.4, -0.2) is 15.5 Å². The van der Waals surface area contributed by atoms with Gasteiger partial charge in [-0.2, -0.15) is 0 Å². The maximum Gasteiger partial charge on any atom is 0.265 e. The maximum atomic E-state index is 13.0. The second-order valence-corrected chi connectivity index (χ2v) is 5.74. The van der Waals surface area contributed by atoms with Gasteiger partial charge in [-0.1, -0.05) is 0 Å². The molecule has 0 radical (unpaired) electrons. The Morgan fingerprint density at radius 1 is 1.50 bits per heavy atom. The second kappa shape index (κ2) is 4.04. The predicted octanol–water partition coefficient (Wildman–Crippen LogP) is 2.52. The summed E-state index contributed by atoms with van der Waals surface area (Å²) in [5.41, 5.74) is 0. The van der Waals surface area contributed by atoms with Crippen LogP contribution in [0.3, 0.4) is 0 Å². The van der Waals surface area contributed by atoms with Gasteiger partial charge in [-0.3, -0.25) is 0 Å². The third-order valence-electron chi connectivity index (χ3n) is 1.47. The standard InChI is InChI=1S/C7H5BrClFO3S/c1-13-6-2-4(8)5(10)3-7(6)14(9,11)12/h2-3H,1H3. The molecule has 0 heterocycles. The Morgan fingerprint density at radius 3 is 2.50 bits per heavy atom. The summed E-state index contributed by atoms with van der Waals surface area (Å²) in [6, 6.07) is 2.00.